The van der Waals surface area contributed by atoms with E-state index in [1.54, 1.807) is 18.5 Å². The van der Waals surface area contributed by atoms with Gasteiger partial charge < -0.3 is 4.74 Å². The molecule has 0 radical (unpaired) electrons. The number of rotatable bonds is 4. The van der Waals surface area contributed by atoms with Gasteiger partial charge in [0.15, 0.2) is 5.82 Å². The van der Waals surface area contributed by atoms with E-state index in [0.29, 0.717) is 11.6 Å². The third-order valence-electron chi connectivity index (χ3n) is 2.14. The second-order valence-electron chi connectivity index (χ2n) is 3.47. The molecule has 0 saturated carbocycles. The molecule has 0 atom stereocenters. The smallest absolute Gasteiger partial charge is 0.238 e. The van der Waals surface area contributed by atoms with E-state index in [1.807, 2.05) is 0 Å². The summed E-state index contributed by atoms with van der Waals surface area (Å²) in [5.74, 6) is 1.07. The maximum atomic E-state index is 11.0. The minimum absolute atomic E-state index is 0.0470. The fraction of sp³-hybridized carbons (Fsp3) is 0.0909. The monoisotopic (exact) mass is 265 g/mol. The van der Waals surface area contributed by atoms with Crippen LogP contribution in [0, 0.1) is 0 Å². The van der Waals surface area contributed by atoms with Gasteiger partial charge in [-0.25, -0.2) is 23.5 Å². The Hall–Kier alpha value is -1.99. The summed E-state index contributed by atoms with van der Waals surface area (Å²) in [5, 5.41) is 4.98. The number of sulfonamides is 1. The van der Waals surface area contributed by atoms with Gasteiger partial charge in [-0.15, -0.1) is 0 Å². The second-order valence-corrected chi connectivity index (χ2v) is 5.03. The van der Waals surface area contributed by atoms with Gasteiger partial charge in [-0.2, -0.15) is 0 Å². The zero-order valence-electron chi connectivity index (χ0n) is 9.35. The average Bonchev–Trinajstić information content (AvgIpc) is 2.37. The van der Waals surface area contributed by atoms with Crippen molar-refractivity contribution >= 4 is 10.0 Å². The number of primary sulfonamides is 1. The second kappa shape index (κ2) is 5.11. The highest BCUT2D eigenvalue weighted by molar-refractivity contribution is 7.89. The number of nitrogens with zero attached hydrogens (tertiary/aromatic N) is 2. The molecular weight excluding hydrogens is 254 g/mol. The number of ether oxygens (including phenoxy) is 1. The van der Waals surface area contributed by atoms with Crippen molar-refractivity contribution in [3.8, 4) is 5.75 Å². The van der Waals surface area contributed by atoms with Crippen LogP contribution < -0.4 is 9.88 Å². The van der Waals surface area contributed by atoms with Gasteiger partial charge in [-0.05, 0) is 30.3 Å². The van der Waals surface area contributed by atoms with E-state index in [2.05, 4.69) is 9.97 Å². The summed E-state index contributed by atoms with van der Waals surface area (Å²) in [6, 6.07) is 7.54. The Morgan fingerprint density at radius 1 is 1.11 bits per heavy atom. The van der Waals surface area contributed by atoms with Crippen molar-refractivity contribution in [1.82, 2.24) is 9.97 Å². The molecule has 0 spiro atoms. The summed E-state index contributed by atoms with van der Waals surface area (Å²) in [5.41, 5.74) is 0. The molecule has 1 aromatic heterocycles. The standard InChI is InChI=1S/C11H11N3O3S/c12-18(15,16)10-4-2-9(3-5-10)17-8-11-13-6-1-7-14-11/h1-7H,8H2,(H2,12,15,16). The van der Waals surface area contributed by atoms with Gasteiger partial charge in [0.05, 0.1) is 4.90 Å². The lowest BCUT2D eigenvalue weighted by atomic mass is 10.3. The number of hydrogen-bond acceptors (Lipinski definition) is 5. The molecule has 0 unspecified atom stereocenters. The van der Waals surface area contributed by atoms with E-state index >= 15 is 0 Å². The molecule has 94 valence electrons. The van der Waals surface area contributed by atoms with Crippen molar-refractivity contribution in [3.63, 3.8) is 0 Å². The highest BCUT2D eigenvalue weighted by Gasteiger charge is 2.07. The van der Waals surface area contributed by atoms with Crippen LogP contribution in [0.15, 0.2) is 47.6 Å². The first kappa shape index (κ1) is 12.5. The fourth-order valence-corrected chi connectivity index (χ4v) is 1.79. The molecule has 6 nitrogen and oxygen atoms in total. The van der Waals surface area contributed by atoms with Crippen LogP contribution in [0.25, 0.3) is 0 Å². The third kappa shape index (κ3) is 3.25. The fourth-order valence-electron chi connectivity index (χ4n) is 1.28. The first-order valence-electron chi connectivity index (χ1n) is 5.07. The Morgan fingerprint density at radius 3 is 2.28 bits per heavy atom. The Labute approximate surface area is 105 Å². The maximum absolute atomic E-state index is 11.0. The van der Waals surface area contributed by atoms with E-state index in [1.165, 1.54) is 24.3 Å². The molecule has 0 aliphatic rings. The predicted molar refractivity (Wildman–Crippen MR) is 64.2 cm³/mol. The molecular formula is C11H11N3O3S. The van der Waals surface area contributed by atoms with Gasteiger partial charge in [0.25, 0.3) is 0 Å². The van der Waals surface area contributed by atoms with E-state index in [-0.39, 0.29) is 11.5 Å². The predicted octanol–water partition coefficient (Wildman–Crippen LogP) is 0.703. The lowest BCUT2D eigenvalue weighted by molar-refractivity contribution is 0.295. The summed E-state index contributed by atoms with van der Waals surface area (Å²) in [7, 11) is -3.67. The number of hydrogen-bond donors (Lipinski definition) is 1. The van der Waals surface area contributed by atoms with Crippen LogP contribution in [-0.4, -0.2) is 18.4 Å². The van der Waals surface area contributed by atoms with E-state index in [9.17, 15) is 8.42 Å². The third-order valence-corrected chi connectivity index (χ3v) is 3.07. The Bertz CT molecular complexity index is 612. The summed E-state index contributed by atoms with van der Waals surface area (Å²) in [6.07, 6.45) is 3.24. The zero-order valence-corrected chi connectivity index (χ0v) is 10.2. The minimum Gasteiger partial charge on any atom is -0.486 e. The van der Waals surface area contributed by atoms with Crippen molar-refractivity contribution < 1.29 is 13.2 Å². The van der Waals surface area contributed by atoms with Crippen molar-refractivity contribution in [3.05, 3.63) is 48.5 Å². The molecule has 0 bridgehead atoms. The molecule has 0 amide bonds. The van der Waals surface area contributed by atoms with Gasteiger partial charge in [0.2, 0.25) is 10.0 Å². The van der Waals surface area contributed by atoms with Crippen molar-refractivity contribution in [2.75, 3.05) is 0 Å². The van der Waals surface area contributed by atoms with Gasteiger partial charge in [0.1, 0.15) is 12.4 Å². The molecule has 0 aliphatic carbocycles. The lowest BCUT2D eigenvalue weighted by Crippen LogP contribution is -2.11. The molecule has 7 heteroatoms. The molecule has 2 N–H and O–H groups in total. The summed E-state index contributed by atoms with van der Waals surface area (Å²) >= 11 is 0. The number of benzene rings is 1. The Balaban J connectivity index is 2.03. The van der Waals surface area contributed by atoms with Gasteiger partial charge in [-0.3, -0.25) is 0 Å². The average molecular weight is 265 g/mol. The van der Waals surface area contributed by atoms with Crippen LogP contribution in [0.2, 0.25) is 0 Å². The highest BCUT2D eigenvalue weighted by atomic mass is 32.2. The molecule has 2 aromatic rings. The SMILES string of the molecule is NS(=O)(=O)c1ccc(OCc2ncccn2)cc1. The number of nitrogens with two attached hydrogens (primary N) is 1. The van der Waals surface area contributed by atoms with Crippen molar-refractivity contribution in [2.24, 2.45) is 5.14 Å². The van der Waals surface area contributed by atoms with Gasteiger partial charge in [0, 0.05) is 12.4 Å². The normalized spacial score (nSPS) is 11.2. The Kier molecular flexibility index (Phi) is 3.54. The summed E-state index contributed by atoms with van der Waals surface area (Å²) in [4.78, 5) is 8.04. The van der Waals surface area contributed by atoms with E-state index in [4.69, 9.17) is 9.88 Å². The Morgan fingerprint density at radius 2 is 1.72 bits per heavy atom. The topological polar surface area (TPSA) is 95.2 Å². The molecule has 18 heavy (non-hydrogen) atoms. The summed E-state index contributed by atoms with van der Waals surface area (Å²) in [6.45, 7) is 0.218. The van der Waals surface area contributed by atoms with Gasteiger partial charge in [-0.1, -0.05) is 0 Å². The number of aromatic nitrogens is 2. The largest absolute Gasteiger partial charge is 0.486 e. The van der Waals surface area contributed by atoms with Crippen LogP contribution in [0.5, 0.6) is 5.75 Å². The van der Waals surface area contributed by atoms with Crippen LogP contribution in [0.4, 0.5) is 0 Å². The molecule has 0 fully saturated rings. The van der Waals surface area contributed by atoms with Crippen molar-refractivity contribution in [1.29, 1.82) is 0 Å². The van der Waals surface area contributed by atoms with Crippen LogP contribution >= 0.6 is 0 Å². The van der Waals surface area contributed by atoms with E-state index in [0.717, 1.165) is 0 Å². The minimum atomic E-state index is -3.67. The molecule has 0 aliphatic heterocycles. The lowest BCUT2D eigenvalue weighted by Gasteiger charge is -2.05. The summed E-state index contributed by atoms with van der Waals surface area (Å²) < 4.78 is 27.5. The first-order chi connectivity index (χ1) is 8.55. The molecule has 1 heterocycles. The maximum Gasteiger partial charge on any atom is 0.238 e. The van der Waals surface area contributed by atoms with E-state index < -0.39 is 10.0 Å². The van der Waals surface area contributed by atoms with Crippen molar-refractivity contribution in [2.45, 2.75) is 11.5 Å². The van der Waals surface area contributed by atoms with Gasteiger partial charge >= 0.3 is 0 Å². The quantitative estimate of drug-likeness (QED) is 0.878. The van der Waals surface area contributed by atoms with Crippen LogP contribution in [0.3, 0.4) is 0 Å². The first-order valence-corrected chi connectivity index (χ1v) is 6.62. The zero-order chi connectivity index (χ0) is 13.0. The molecule has 2 rings (SSSR count). The van der Waals surface area contributed by atoms with Crippen LogP contribution in [-0.2, 0) is 16.6 Å². The molecule has 1 aromatic carbocycles. The molecule has 0 saturated heterocycles. The highest BCUT2D eigenvalue weighted by Crippen LogP contribution is 2.15. The van der Waals surface area contributed by atoms with Crippen LogP contribution in [0.1, 0.15) is 5.82 Å².